The van der Waals surface area contributed by atoms with Gasteiger partial charge in [0.05, 0.1) is 4.90 Å². The molecule has 29 heavy (non-hydrogen) atoms. The number of urea groups is 1. The third kappa shape index (κ3) is 4.22. The molecule has 0 radical (unpaired) electrons. The Kier molecular flexibility index (Phi) is 5.46. The van der Waals surface area contributed by atoms with Gasteiger partial charge in [-0.2, -0.15) is 0 Å². The number of carbonyl (C=O) groups is 1. The molecule has 0 spiro atoms. The maximum atomic E-state index is 13.0. The number of fused-ring (bicyclic) bond motifs is 2. The molecule has 3 N–H and O–H groups in total. The molecular formula is C22H28N4O2S. The Bertz CT molecular complexity index is 1050. The van der Waals surface area contributed by atoms with Crippen LogP contribution in [0.2, 0.25) is 0 Å². The van der Waals surface area contributed by atoms with Crippen LogP contribution in [0.15, 0.2) is 39.6 Å². The van der Waals surface area contributed by atoms with E-state index in [1.165, 1.54) is 22.3 Å². The number of hydrogen-bond acceptors (Lipinski definition) is 3. The van der Waals surface area contributed by atoms with E-state index in [2.05, 4.69) is 15.7 Å². The number of amides is 2. The maximum Gasteiger partial charge on any atom is 0.354 e. The summed E-state index contributed by atoms with van der Waals surface area (Å²) >= 11 is 0. The molecular weight excluding hydrogens is 384 g/mol. The lowest BCUT2D eigenvalue weighted by molar-refractivity contribution is 0.260. The number of hydrogen-bond donors (Lipinski definition) is 2. The molecule has 4 rings (SSSR count). The van der Waals surface area contributed by atoms with Crippen molar-refractivity contribution >= 4 is 21.6 Å². The average Bonchev–Trinajstić information content (AvgIpc) is 3.29. The van der Waals surface area contributed by atoms with Crippen LogP contribution >= 0.6 is 0 Å². The van der Waals surface area contributed by atoms with Crippen molar-refractivity contribution in [3.63, 3.8) is 0 Å². The van der Waals surface area contributed by atoms with Gasteiger partial charge in [0, 0.05) is 12.2 Å². The summed E-state index contributed by atoms with van der Waals surface area (Å²) in [7, 11) is 0.597. The van der Waals surface area contributed by atoms with E-state index in [4.69, 9.17) is 5.14 Å². The molecule has 1 atom stereocenters. The first-order valence-corrected chi connectivity index (χ1v) is 11.7. The Morgan fingerprint density at radius 2 is 1.76 bits per heavy atom. The van der Waals surface area contributed by atoms with Crippen LogP contribution in [-0.4, -0.2) is 29.2 Å². The minimum absolute atomic E-state index is 0.371. The van der Waals surface area contributed by atoms with Gasteiger partial charge in [-0.15, -0.1) is 4.36 Å². The number of rotatable bonds is 4. The van der Waals surface area contributed by atoms with E-state index in [0.29, 0.717) is 11.4 Å². The molecule has 0 fully saturated rings. The molecule has 0 aromatic heterocycles. The Morgan fingerprint density at radius 1 is 1.10 bits per heavy atom. The molecule has 0 aliphatic heterocycles. The van der Waals surface area contributed by atoms with Gasteiger partial charge in [-0.25, -0.2) is 14.1 Å². The van der Waals surface area contributed by atoms with E-state index in [1.807, 2.05) is 25.1 Å². The summed E-state index contributed by atoms with van der Waals surface area (Å²) < 4.78 is 16.9. The number of benzene rings is 2. The van der Waals surface area contributed by atoms with Crippen molar-refractivity contribution in [3.05, 3.63) is 58.1 Å². The number of aryl methyl sites for hydroxylation is 2. The molecule has 2 amide bonds. The van der Waals surface area contributed by atoms with Crippen LogP contribution < -0.4 is 10.5 Å². The summed E-state index contributed by atoms with van der Waals surface area (Å²) in [5.41, 5.74) is 6.94. The van der Waals surface area contributed by atoms with Crippen LogP contribution in [0.1, 0.15) is 40.7 Å². The van der Waals surface area contributed by atoms with E-state index in [1.54, 1.807) is 18.2 Å². The van der Waals surface area contributed by atoms with Crippen LogP contribution in [0.4, 0.5) is 10.5 Å². The molecule has 0 heterocycles. The Morgan fingerprint density at radius 3 is 2.38 bits per heavy atom. The van der Waals surface area contributed by atoms with Crippen molar-refractivity contribution in [2.75, 3.05) is 19.4 Å². The quantitative estimate of drug-likeness (QED) is 0.803. The second kappa shape index (κ2) is 7.89. The third-order valence-electron chi connectivity index (χ3n) is 5.66. The summed E-state index contributed by atoms with van der Waals surface area (Å²) in [5.74, 6) is 0. The minimum Gasteiger partial charge on any atom is -0.305 e. The van der Waals surface area contributed by atoms with Gasteiger partial charge < -0.3 is 10.2 Å². The summed E-state index contributed by atoms with van der Waals surface area (Å²) in [6.07, 6.45) is 6.23. The van der Waals surface area contributed by atoms with Crippen molar-refractivity contribution in [2.24, 2.45) is 9.50 Å². The molecule has 7 heteroatoms. The summed E-state index contributed by atoms with van der Waals surface area (Å²) in [6, 6.07) is 8.83. The fourth-order valence-electron chi connectivity index (χ4n) is 4.46. The lowest BCUT2D eigenvalue weighted by atomic mass is 9.99. The molecule has 2 aromatic rings. The van der Waals surface area contributed by atoms with Crippen molar-refractivity contribution in [2.45, 2.75) is 50.0 Å². The molecule has 0 saturated heterocycles. The highest BCUT2D eigenvalue weighted by Crippen LogP contribution is 2.38. The van der Waals surface area contributed by atoms with Crippen LogP contribution in [0, 0.1) is 0 Å². The number of nitrogens with zero attached hydrogens (tertiary/aromatic N) is 2. The molecule has 2 aliphatic rings. The lowest BCUT2D eigenvalue weighted by Crippen LogP contribution is -2.19. The number of carbonyl (C=O) groups excluding carboxylic acids is 1. The maximum absolute atomic E-state index is 13.0. The van der Waals surface area contributed by atoms with E-state index < -0.39 is 15.9 Å². The van der Waals surface area contributed by atoms with Gasteiger partial charge in [0.25, 0.3) is 0 Å². The highest BCUT2D eigenvalue weighted by atomic mass is 32.2. The van der Waals surface area contributed by atoms with Gasteiger partial charge in [-0.05, 0) is 92.6 Å². The first kappa shape index (κ1) is 20.1. The van der Waals surface area contributed by atoms with E-state index >= 15 is 0 Å². The predicted molar refractivity (Wildman–Crippen MR) is 116 cm³/mol. The van der Waals surface area contributed by atoms with Gasteiger partial charge in [-0.3, -0.25) is 0 Å². The molecule has 6 nitrogen and oxygen atoms in total. The van der Waals surface area contributed by atoms with Gasteiger partial charge in [0.1, 0.15) is 9.92 Å². The standard InChI is InChI=1S/C22H28N4O2S/c1-26(2)14-15-6-3-9-18(12-15)29(23,28)25-22(27)24-21-19-10-4-7-16(19)13-17-8-5-11-20(17)21/h3,6,9,12-13H,4-5,7-8,10-11,14H2,1-2H3,(H3,23,24,25,27,28). The lowest BCUT2D eigenvalue weighted by Gasteiger charge is -2.15. The van der Waals surface area contributed by atoms with Crippen molar-refractivity contribution in [1.82, 2.24) is 4.90 Å². The highest BCUT2D eigenvalue weighted by molar-refractivity contribution is 7.91. The van der Waals surface area contributed by atoms with Crippen molar-refractivity contribution in [1.29, 1.82) is 0 Å². The second-order valence-corrected chi connectivity index (χ2v) is 10.0. The van der Waals surface area contributed by atoms with E-state index in [0.717, 1.165) is 49.8 Å². The Hall–Kier alpha value is -2.22. The molecule has 1 unspecified atom stereocenters. The van der Waals surface area contributed by atoms with E-state index in [9.17, 15) is 9.00 Å². The second-order valence-electron chi connectivity index (χ2n) is 8.21. The molecule has 0 saturated carbocycles. The molecule has 0 bridgehead atoms. The van der Waals surface area contributed by atoms with Crippen molar-refractivity contribution in [3.8, 4) is 0 Å². The fourth-order valence-corrected chi connectivity index (χ4v) is 5.45. The van der Waals surface area contributed by atoms with Gasteiger partial charge in [0.15, 0.2) is 0 Å². The largest absolute Gasteiger partial charge is 0.354 e. The van der Waals surface area contributed by atoms with Crippen LogP contribution in [0.3, 0.4) is 0 Å². The van der Waals surface area contributed by atoms with Gasteiger partial charge in [-0.1, -0.05) is 18.2 Å². The van der Waals surface area contributed by atoms with Gasteiger partial charge >= 0.3 is 6.03 Å². The monoisotopic (exact) mass is 412 g/mol. The fraction of sp³-hybridized carbons (Fsp3) is 0.409. The zero-order valence-electron chi connectivity index (χ0n) is 17.0. The first-order valence-electron chi connectivity index (χ1n) is 10.1. The summed E-state index contributed by atoms with van der Waals surface area (Å²) in [6.45, 7) is 0.692. The zero-order valence-corrected chi connectivity index (χ0v) is 17.8. The number of nitrogens with one attached hydrogen (secondary N) is 1. The predicted octanol–water partition coefficient (Wildman–Crippen LogP) is 3.66. The zero-order chi connectivity index (χ0) is 20.6. The van der Waals surface area contributed by atoms with Crippen LogP contribution in [0.5, 0.6) is 0 Å². The highest BCUT2D eigenvalue weighted by Gasteiger charge is 2.25. The summed E-state index contributed by atoms with van der Waals surface area (Å²) in [5, 5.41) is 8.95. The SMILES string of the molecule is CN(C)Cc1cccc(S(N)(=O)=NC(=O)Nc2c3c(cc4c2CCC4)CCC3)c1. The van der Waals surface area contributed by atoms with Crippen LogP contribution in [0.25, 0.3) is 0 Å². The summed E-state index contributed by atoms with van der Waals surface area (Å²) in [4.78, 5) is 15.1. The molecule has 2 aromatic carbocycles. The first-order chi connectivity index (χ1) is 13.8. The topological polar surface area (TPSA) is 87.8 Å². The van der Waals surface area contributed by atoms with Gasteiger partial charge in [0.2, 0.25) is 0 Å². The smallest absolute Gasteiger partial charge is 0.305 e. The number of nitrogens with two attached hydrogens (primary N) is 1. The normalized spacial score (nSPS) is 17.0. The average molecular weight is 413 g/mol. The Balaban J connectivity index is 1.63. The number of anilines is 1. The molecule has 2 aliphatic carbocycles. The third-order valence-corrected chi connectivity index (χ3v) is 7.02. The minimum atomic E-state index is -3.32. The van der Waals surface area contributed by atoms with E-state index in [-0.39, 0.29) is 0 Å². The molecule has 154 valence electrons. The van der Waals surface area contributed by atoms with Crippen molar-refractivity contribution < 1.29 is 9.00 Å². The Labute approximate surface area is 172 Å². The van der Waals surface area contributed by atoms with Crippen LogP contribution in [-0.2, 0) is 42.1 Å².